The number of nitro benzene ring substituents is 1. The molecule has 1 aromatic carbocycles. The minimum atomic E-state index is -0.612. The molecule has 0 unspecified atom stereocenters. The predicted molar refractivity (Wildman–Crippen MR) is 89.4 cm³/mol. The maximum Gasteiger partial charge on any atom is 0.310 e. The van der Waals surface area contributed by atoms with E-state index in [9.17, 15) is 20.0 Å². The van der Waals surface area contributed by atoms with Crippen LogP contribution < -0.4 is 5.56 Å². The molecule has 0 atom stereocenters. The topological polar surface area (TPSA) is 112 Å². The van der Waals surface area contributed by atoms with Crippen molar-refractivity contribution in [3.05, 3.63) is 61.3 Å². The summed E-state index contributed by atoms with van der Waals surface area (Å²) in [7, 11) is 0. The highest BCUT2D eigenvalue weighted by atomic mass is 16.6. The Morgan fingerprint density at radius 3 is 2.88 bits per heavy atom. The van der Waals surface area contributed by atoms with Gasteiger partial charge in [-0.3, -0.25) is 19.8 Å². The molecule has 8 nitrogen and oxygen atoms in total. The molecule has 0 bridgehead atoms. The van der Waals surface area contributed by atoms with Crippen molar-refractivity contribution in [2.75, 3.05) is 6.54 Å². The lowest BCUT2D eigenvalue weighted by Gasteiger charge is -2.27. The molecule has 2 heterocycles. The summed E-state index contributed by atoms with van der Waals surface area (Å²) >= 11 is 0. The van der Waals surface area contributed by atoms with E-state index < -0.39 is 4.92 Å². The van der Waals surface area contributed by atoms with Gasteiger partial charge in [-0.2, -0.15) is 0 Å². The van der Waals surface area contributed by atoms with Gasteiger partial charge in [-0.1, -0.05) is 6.07 Å². The number of benzene rings is 1. The van der Waals surface area contributed by atoms with Crippen LogP contribution >= 0.6 is 0 Å². The fourth-order valence-corrected chi connectivity index (χ4v) is 3.27. The SMILES string of the molecule is O=c1[nH]c(C2CC2)nc2c1CN(Cc1ccc([N+](=O)[O-])c(O)c1)CC2. The highest BCUT2D eigenvalue weighted by Crippen LogP contribution is 2.37. The van der Waals surface area contributed by atoms with E-state index in [0.29, 0.717) is 31.0 Å². The van der Waals surface area contributed by atoms with Crippen molar-refractivity contribution in [2.45, 2.75) is 38.3 Å². The Balaban J connectivity index is 1.52. The second kappa shape index (κ2) is 5.96. The number of nitrogens with one attached hydrogen (secondary N) is 1. The van der Waals surface area contributed by atoms with E-state index in [1.165, 1.54) is 12.1 Å². The van der Waals surface area contributed by atoms with Gasteiger partial charge in [-0.25, -0.2) is 4.98 Å². The lowest BCUT2D eigenvalue weighted by atomic mass is 10.1. The maximum atomic E-state index is 12.4. The number of nitro groups is 1. The minimum absolute atomic E-state index is 0.0665. The predicted octanol–water partition coefficient (Wildman–Crippen LogP) is 1.82. The van der Waals surface area contributed by atoms with Crippen LogP contribution in [0.25, 0.3) is 0 Å². The molecule has 1 saturated carbocycles. The summed E-state index contributed by atoms with van der Waals surface area (Å²) < 4.78 is 0. The largest absolute Gasteiger partial charge is 0.502 e. The Labute approximate surface area is 143 Å². The number of phenolic OH excluding ortho intramolecular Hbond substituents is 1. The molecule has 4 rings (SSSR count). The van der Waals surface area contributed by atoms with Crippen LogP contribution in [0.5, 0.6) is 5.75 Å². The van der Waals surface area contributed by atoms with Gasteiger partial charge in [0.15, 0.2) is 5.75 Å². The molecule has 2 aliphatic rings. The lowest BCUT2D eigenvalue weighted by Crippen LogP contribution is -2.35. The zero-order valence-corrected chi connectivity index (χ0v) is 13.6. The third kappa shape index (κ3) is 3.12. The highest BCUT2D eigenvalue weighted by Gasteiger charge is 2.29. The second-order valence-electron chi connectivity index (χ2n) is 6.69. The molecule has 1 fully saturated rings. The molecule has 25 heavy (non-hydrogen) atoms. The molecule has 1 aliphatic heterocycles. The summed E-state index contributed by atoms with van der Waals surface area (Å²) in [6, 6.07) is 4.34. The van der Waals surface area contributed by atoms with Gasteiger partial charge in [0.1, 0.15) is 5.82 Å². The van der Waals surface area contributed by atoms with Crippen LogP contribution in [0.15, 0.2) is 23.0 Å². The number of aromatic nitrogens is 2. The summed E-state index contributed by atoms with van der Waals surface area (Å²) in [5, 5.41) is 20.5. The third-order valence-electron chi connectivity index (χ3n) is 4.77. The quantitative estimate of drug-likeness (QED) is 0.647. The van der Waals surface area contributed by atoms with Gasteiger partial charge in [0.2, 0.25) is 0 Å². The molecule has 1 aromatic heterocycles. The van der Waals surface area contributed by atoms with E-state index >= 15 is 0 Å². The Hall–Kier alpha value is -2.74. The highest BCUT2D eigenvalue weighted by molar-refractivity contribution is 5.47. The average molecular weight is 342 g/mol. The Bertz CT molecular complexity index is 904. The van der Waals surface area contributed by atoms with Crippen molar-refractivity contribution < 1.29 is 10.0 Å². The molecule has 2 aromatic rings. The number of fused-ring (bicyclic) bond motifs is 1. The van der Waals surface area contributed by atoms with Gasteiger partial charge in [-0.05, 0) is 24.5 Å². The summed E-state index contributed by atoms with van der Waals surface area (Å²) in [6.07, 6.45) is 2.90. The summed E-state index contributed by atoms with van der Waals surface area (Å²) in [4.78, 5) is 32.1. The first-order chi connectivity index (χ1) is 12.0. The van der Waals surface area contributed by atoms with Crippen molar-refractivity contribution in [1.29, 1.82) is 0 Å². The van der Waals surface area contributed by atoms with Gasteiger partial charge in [-0.15, -0.1) is 0 Å². The van der Waals surface area contributed by atoms with Crippen LogP contribution in [0.4, 0.5) is 5.69 Å². The molecule has 0 radical (unpaired) electrons. The van der Waals surface area contributed by atoms with Crippen LogP contribution in [0.3, 0.4) is 0 Å². The fraction of sp³-hybridized carbons (Fsp3) is 0.412. The first-order valence-corrected chi connectivity index (χ1v) is 8.32. The zero-order chi connectivity index (χ0) is 17.6. The van der Waals surface area contributed by atoms with Crippen LogP contribution in [0.2, 0.25) is 0 Å². The van der Waals surface area contributed by atoms with Crippen molar-refractivity contribution in [3.8, 4) is 5.75 Å². The second-order valence-corrected chi connectivity index (χ2v) is 6.69. The smallest absolute Gasteiger partial charge is 0.310 e. The van der Waals surface area contributed by atoms with Gasteiger partial charge < -0.3 is 10.1 Å². The minimum Gasteiger partial charge on any atom is -0.502 e. The number of aromatic amines is 1. The molecular formula is C17H18N4O4. The molecular weight excluding hydrogens is 324 g/mol. The zero-order valence-electron chi connectivity index (χ0n) is 13.6. The van der Waals surface area contributed by atoms with Gasteiger partial charge >= 0.3 is 5.69 Å². The maximum absolute atomic E-state index is 12.4. The van der Waals surface area contributed by atoms with Crippen LogP contribution in [-0.2, 0) is 19.5 Å². The molecule has 0 saturated heterocycles. The number of phenols is 1. The number of aromatic hydroxyl groups is 1. The monoisotopic (exact) mass is 342 g/mol. The van der Waals surface area contributed by atoms with Gasteiger partial charge in [0.05, 0.1) is 16.2 Å². The normalized spacial score (nSPS) is 17.3. The van der Waals surface area contributed by atoms with E-state index in [1.54, 1.807) is 6.07 Å². The van der Waals surface area contributed by atoms with E-state index in [-0.39, 0.29) is 17.0 Å². The van der Waals surface area contributed by atoms with E-state index in [0.717, 1.165) is 36.5 Å². The summed E-state index contributed by atoms with van der Waals surface area (Å²) in [6.45, 7) is 1.75. The fourth-order valence-electron chi connectivity index (χ4n) is 3.27. The first kappa shape index (κ1) is 15.8. The molecule has 8 heteroatoms. The standard InChI is InChI=1S/C17H18N4O4/c22-15-7-10(1-4-14(15)21(24)25)8-20-6-5-13-12(9-20)17(23)19-16(18-13)11-2-3-11/h1,4,7,11,22H,2-3,5-6,8-9H2,(H,18,19,23). The van der Waals surface area contributed by atoms with Crippen molar-refractivity contribution in [3.63, 3.8) is 0 Å². The molecule has 130 valence electrons. The Morgan fingerprint density at radius 1 is 1.40 bits per heavy atom. The van der Waals surface area contributed by atoms with E-state index in [2.05, 4.69) is 14.9 Å². The number of nitrogens with zero attached hydrogens (tertiary/aromatic N) is 3. The van der Waals surface area contributed by atoms with Gasteiger partial charge in [0.25, 0.3) is 5.56 Å². The molecule has 0 amide bonds. The van der Waals surface area contributed by atoms with Crippen molar-refractivity contribution in [1.82, 2.24) is 14.9 Å². The molecule has 1 aliphatic carbocycles. The Morgan fingerprint density at radius 2 is 2.20 bits per heavy atom. The lowest BCUT2D eigenvalue weighted by molar-refractivity contribution is -0.385. The first-order valence-electron chi connectivity index (χ1n) is 8.32. The number of hydrogen-bond donors (Lipinski definition) is 2. The van der Waals surface area contributed by atoms with E-state index in [4.69, 9.17) is 0 Å². The number of rotatable bonds is 4. The van der Waals surface area contributed by atoms with Gasteiger partial charge in [0, 0.05) is 38.0 Å². The van der Waals surface area contributed by atoms with Crippen LogP contribution in [0.1, 0.15) is 41.4 Å². The van der Waals surface area contributed by atoms with E-state index in [1.807, 2.05) is 0 Å². The van der Waals surface area contributed by atoms with Crippen LogP contribution in [0, 0.1) is 10.1 Å². The Kier molecular flexibility index (Phi) is 3.76. The summed E-state index contributed by atoms with van der Waals surface area (Å²) in [5.41, 5.74) is 1.98. The third-order valence-corrected chi connectivity index (χ3v) is 4.77. The average Bonchev–Trinajstić information content (AvgIpc) is 3.40. The molecule has 2 N–H and O–H groups in total. The molecule has 0 spiro atoms. The van der Waals surface area contributed by atoms with Crippen molar-refractivity contribution in [2.24, 2.45) is 0 Å². The number of hydrogen-bond acceptors (Lipinski definition) is 6. The number of H-pyrrole nitrogens is 1. The van der Waals surface area contributed by atoms with Crippen molar-refractivity contribution >= 4 is 5.69 Å². The van der Waals surface area contributed by atoms with Crippen LogP contribution in [-0.4, -0.2) is 31.4 Å². The summed E-state index contributed by atoms with van der Waals surface area (Å²) in [5.74, 6) is 0.894.